The number of rotatable bonds is 11. The van der Waals surface area contributed by atoms with Crippen molar-refractivity contribution in [3.63, 3.8) is 0 Å². The molecule has 1 amide bonds. The van der Waals surface area contributed by atoms with Crippen LogP contribution in [0, 0.1) is 11.3 Å². The van der Waals surface area contributed by atoms with Gasteiger partial charge < -0.3 is 15.0 Å². The van der Waals surface area contributed by atoms with E-state index in [0.29, 0.717) is 6.42 Å². The lowest BCUT2D eigenvalue weighted by atomic mass is 9.76. The van der Waals surface area contributed by atoms with Crippen LogP contribution in [0.1, 0.15) is 102 Å². The predicted octanol–water partition coefficient (Wildman–Crippen LogP) is 6.45. The zero-order chi connectivity index (χ0) is 31.6. The Hall–Kier alpha value is -3.46. The molecule has 9 nitrogen and oxygen atoms in total. The third-order valence-corrected chi connectivity index (χ3v) is 10.6. The number of carbonyl (C=O) groups is 2. The first-order chi connectivity index (χ1) is 21.8. The van der Waals surface area contributed by atoms with Gasteiger partial charge in [-0.15, -0.1) is 0 Å². The number of aryl methyl sites for hydroxylation is 1. The highest BCUT2D eigenvalue weighted by molar-refractivity contribution is 5.97. The number of benzene rings is 1. The van der Waals surface area contributed by atoms with Crippen molar-refractivity contribution in [2.24, 2.45) is 18.4 Å². The van der Waals surface area contributed by atoms with Crippen LogP contribution >= 0.6 is 0 Å². The van der Waals surface area contributed by atoms with Gasteiger partial charge in [-0.05, 0) is 74.0 Å². The van der Waals surface area contributed by atoms with Gasteiger partial charge in [0.25, 0.3) is 0 Å². The van der Waals surface area contributed by atoms with Crippen LogP contribution in [0.15, 0.2) is 36.7 Å². The summed E-state index contributed by atoms with van der Waals surface area (Å²) in [5.41, 5.74) is 5.01. The lowest BCUT2D eigenvalue weighted by Crippen LogP contribution is -2.49. The first-order valence-corrected chi connectivity index (χ1v) is 17.2. The fourth-order valence-corrected chi connectivity index (χ4v) is 7.90. The van der Waals surface area contributed by atoms with Gasteiger partial charge in [0.05, 0.1) is 23.2 Å². The Bertz CT molecular complexity index is 1510. The van der Waals surface area contributed by atoms with E-state index in [1.165, 1.54) is 30.4 Å². The van der Waals surface area contributed by atoms with Gasteiger partial charge >= 0.3 is 5.97 Å². The number of piperidine rings is 1. The minimum Gasteiger partial charge on any atom is -0.440 e. The van der Waals surface area contributed by atoms with Crippen LogP contribution in [0.2, 0.25) is 0 Å². The molecule has 1 N–H and O–H groups in total. The number of hydrogen-bond donors (Lipinski definition) is 1. The average molecular weight is 615 g/mol. The summed E-state index contributed by atoms with van der Waals surface area (Å²) in [5.74, 6) is 0.0361. The van der Waals surface area contributed by atoms with Gasteiger partial charge in [-0.25, -0.2) is 4.98 Å². The fourth-order valence-electron chi connectivity index (χ4n) is 7.90. The Labute approximate surface area is 267 Å². The van der Waals surface area contributed by atoms with E-state index in [1.807, 2.05) is 29.0 Å². The number of carbonyl (C=O) groups excluding carboxylic acids is 2. The zero-order valence-electron chi connectivity index (χ0n) is 27.6. The number of fused-ring (bicyclic) bond motifs is 2. The lowest BCUT2D eigenvalue weighted by Gasteiger charge is -2.40. The second-order valence-corrected chi connectivity index (χ2v) is 13.7. The van der Waals surface area contributed by atoms with Crippen molar-refractivity contribution in [2.75, 3.05) is 29.4 Å². The molecule has 1 spiro atoms. The van der Waals surface area contributed by atoms with E-state index in [0.717, 1.165) is 87.1 Å². The van der Waals surface area contributed by atoms with Gasteiger partial charge in [-0.2, -0.15) is 5.10 Å². The minimum absolute atomic E-state index is 0.0584. The molecule has 2 aromatic heterocycles. The summed E-state index contributed by atoms with van der Waals surface area (Å²) in [6.07, 6.45) is 12.7. The van der Waals surface area contributed by atoms with Crippen molar-refractivity contribution < 1.29 is 14.3 Å². The molecule has 9 heteroatoms. The molecule has 3 aliphatic rings. The maximum Gasteiger partial charge on any atom is 0.310 e. The van der Waals surface area contributed by atoms with Crippen molar-refractivity contribution >= 4 is 34.3 Å². The van der Waals surface area contributed by atoms with Crippen molar-refractivity contribution in [3.05, 3.63) is 47.8 Å². The number of nitrogens with one attached hydrogen (secondary N) is 1. The van der Waals surface area contributed by atoms with Crippen LogP contribution in [0.25, 0.3) is 11.0 Å². The summed E-state index contributed by atoms with van der Waals surface area (Å²) in [6, 6.07) is 8.49. The fraction of sp³-hybridized carbons (Fsp3) is 0.611. The second-order valence-electron chi connectivity index (χ2n) is 13.7. The molecule has 3 atom stereocenters. The molecule has 242 valence electrons. The first-order valence-electron chi connectivity index (χ1n) is 17.2. The molecule has 6 rings (SSSR count). The number of hydrogen-bond acceptors (Lipinski definition) is 7. The van der Waals surface area contributed by atoms with Gasteiger partial charge in [-0.1, -0.05) is 58.9 Å². The van der Waals surface area contributed by atoms with Crippen molar-refractivity contribution in [2.45, 2.75) is 104 Å². The van der Waals surface area contributed by atoms with E-state index in [-0.39, 0.29) is 29.1 Å². The molecule has 45 heavy (non-hydrogen) atoms. The van der Waals surface area contributed by atoms with Crippen LogP contribution in [-0.2, 0) is 27.9 Å². The van der Waals surface area contributed by atoms with Crippen LogP contribution < -0.4 is 15.1 Å². The molecule has 3 aliphatic heterocycles. The van der Waals surface area contributed by atoms with Gasteiger partial charge in [0.1, 0.15) is 0 Å². The molecule has 0 radical (unpaired) electrons. The predicted molar refractivity (Wildman–Crippen MR) is 178 cm³/mol. The van der Waals surface area contributed by atoms with E-state index in [2.05, 4.69) is 65.3 Å². The number of unbranched alkanes of at least 4 members (excludes halogenated alkanes) is 4. The molecule has 3 aromatic rings. The number of esters is 1. The Morgan fingerprint density at radius 2 is 1.93 bits per heavy atom. The van der Waals surface area contributed by atoms with E-state index < -0.39 is 6.23 Å². The monoisotopic (exact) mass is 614 g/mol. The molecular weight excluding hydrogens is 564 g/mol. The first kappa shape index (κ1) is 31.5. The summed E-state index contributed by atoms with van der Waals surface area (Å²) >= 11 is 0. The van der Waals surface area contributed by atoms with E-state index in [1.54, 1.807) is 0 Å². The highest BCUT2D eigenvalue weighted by Crippen LogP contribution is 2.48. The summed E-state index contributed by atoms with van der Waals surface area (Å²) < 4.78 is 8.29. The van der Waals surface area contributed by atoms with Crippen LogP contribution in [0.5, 0.6) is 0 Å². The molecule has 2 saturated heterocycles. The van der Waals surface area contributed by atoms with Gasteiger partial charge in [0, 0.05) is 43.9 Å². The number of nitrogens with zero attached hydrogens (tertiary/aromatic N) is 5. The number of amides is 1. The molecule has 0 aliphatic carbocycles. The normalized spacial score (nSPS) is 21.8. The Morgan fingerprint density at radius 3 is 2.71 bits per heavy atom. The zero-order valence-corrected chi connectivity index (χ0v) is 27.6. The molecular formula is C36H50N6O3. The maximum absolute atomic E-state index is 13.9. The largest absolute Gasteiger partial charge is 0.440 e. The van der Waals surface area contributed by atoms with Crippen LogP contribution in [0.3, 0.4) is 0 Å². The minimum atomic E-state index is -0.571. The molecule has 2 fully saturated rings. The molecule has 0 bridgehead atoms. The quantitative estimate of drug-likeness (QED) is 0.196. The Balaban J connectivity index is 1.25. The number of aromatic nitrogens is 3. The smallest absolute Gasteiger partial charge is 0.310 e. The topological polar surface area (TPSA) is 92.6 Å². The average Bonchev–Trinajstić information content (AvgIpc) is 3.55. The lowest BCUT2D eigenvalue weighted by molar-refractivity contribution is -0.161. The maximum atomic E-state index is 13.9. The van der Waals surface area contributed by atoms with Crippen LogP contribution in [-0.4, -0.2) is 52.5 Å². The molecule has 5 heterocycles. The van der Waals surface area contributed by atoms with Crippen molar-refractivity contribution in [3.8, 4) is 0 Å². The summed E-state index contributed by atoms with van der Waals surface area (Å²) in [5, 5.41) is 8.94. The molecule has 1 aromatic carbocycles. The number of pyridine rings is 1. The Morgan fingerprint density at radius 1 is 1.13 bits per heavy atom. The highest BCUT2D eigenvalue weighted by Gasteiger charge is 2.55. The van der Waals surface area contributed by atoms with Crippen LogP contribution in [0.4, 0.5) is 11.4 Å². The van der Waals surface area contributed by atoms with Gasteiger partial charge in [0.15, 0.2) is 11.9 Å². The summed E-state index contributed by atoms with van der Waals surface area (Å²) in [7, 11) is 1.92. The highest BCUT2D eigenvalue weighted by atomic mass is 16.6. The van der Waals surface area contributed by atoms with Crippen molar-refractivity contribution in [1.29, 1.82) is 0 Å². The van der Waals surface area contributed by atoms with E-state index in [4.69, 9.17) is 4.74 Å². The molecule has 2 unspecified atom stereocenters. The second kappa shape index (κ2) is 13.5. The van der Waals surface area contributed by atoms with Crippen molar-refractivity contribution in [1.82, 2.24) is 20.1 Å². The van der Waals surface area contributed by atoms with Gasteiger partial charge in [-0.3, -0.25) is 19.2 Å². The van der Waals surface area contributed by atoms with E-state index in [9.17, 15) is 9.59 Å². The number of anilines is 2. The third kappa shape index (κ3) is 6.20. The standard InChI is InChI=1S/C36H50N6O3/c1-5-7-8-9-10-11-26(6-2)34(44)45-35-36(15-18-37-19-16-36)21-32(43)42(35)28-13-12-27-24-41(23-25(3)29(27)20-28)31-14-17-38-33-30(31)22-39-40(33)4/h12-14,17,20,22,25-26,35,37H,5-11,15-16,18-19,21,23-24H2,1-4H3/t25-,26?,35?/m0/s1. The van der Waals surface area contributed by atoms with Gasteiger partial charge in [0.2, 0.25) is 5.91 Å². The summed E-state index contributed by atoms with van der Waals surface area (Å²) in [6.45, 7) is 9.84. The third-order valence-electron chi connectivity index (χ3n) is 10.6. The Kier molecular flexibility index (Phi) is 9.45. The summed E-state index contributed by atoms with van der Waals surface area (Å²) in [4.78, 5) is 36.3. The SMILES string of the molecule is CCCCCCCC(CC)C(=O)OC1N(c2ccc3c(c2)[C@@H](C)CN(c2ccnc4c2cnn4C)C3)C(=O)CC12CCNCC2. The molecule has 0 saturated carbocycles. The van der Waals surface area contributed by atoms with E-state index >= 15 is 0 Å². The number of ether oxygens (including phenoxy) is 1.